The minimum Gasteiger partial charge on any atom is -0.496 e. The third-order valence-electron chi connectivity index (χ3n) is 6.89. The first-order chi connectivity index (χ1) is 16.9. The summed E-state index contributed by atoms with van der Waals surface area (Å²) in [6, 6.07) is 16.2. The lowest BCUT2D eigenvalue weighted by Gasteiger charge is -2.35. The molecule has 6 nitrogen and oxygen atoms in total. The van der Waals surface area contributed by atoms with E-state index in [2.05, 4.69) is 35.6 Å². The number of halogens is 1. The van der Waals surface area contributed by atoms with Gasteiger partial charge in [-0.05, 0) is 29.2 Å². The van der Waals surface area contributed by atoms with Crippen LogP contribution in [0.5, 0.6) is 17.2 Å². The van der Waals surface area contributed by atoms with Gasteiger partial charge in [0.25, 0.3) is 0 Å². The van der Waals surface area contributed by atoms with Gasteiger partial charge in [0.2, 0.25) is 17.2 Å². The molecule has 3 aromatic rings. The van der Waals surface area contributed by atoms with Crippen LogP contribution in [-0.2, 0) is 11.2 Å². The number of methoxy groups -OCH3 is 2. The van der Waals surface area contributed by atoms with E-state index < -0.39 is 23.1 Å². The Balaban J connectivity index is 1.35. The second-order valence-corrected chi connectivity index (χ2v) is 9.34. The van der Waals surface area contributed by atoms with Crippen molar-refractivity contribution in [2.24, 2.45) is 5.92 Å². The molecule has 1 aliphatic carbocycles. The molecule has 0 saturated carbocycles. The van der Waals surface area contributed by atoms with Crippen molar-refractivity contribution in [1.82, 2.24) is 5.32 Å². The summed E-state index contributed by atoms with van der Waals surface area (Å²) in [7, 11) is 2.91. The molecule has 2 aliphatic rings. The number of rotatable bonds is 6. The molecule has 0 amide bonds. The predicted molar refractivity (Wildman–Crippen MR) is 135 cm³/mol. The van der Waals surface area contributed by atoms with Crippen LogP contribution < -0.4 is 19.5 Å². The number of Topliss-reactive ketones (excluding diaryl/α,β-unsaturated/α-hetero) is 1. The van der Waals surface area contributed by atoms with Gasteiger partial charge in [-0.25, -0.2) is 0 Å². The zero-order chi connectivity index (χ0) is 24.7. The third kappa shape index (κ3) is 3.73. The van der Waals surface area contributed by atoms with Crippen LogP contribution in [0.1, 0.15) is 29.3 Å². The van der Waals surface area contributed by atoms with Crippen LogP contribution in [-0.4, -0.2) is 37.9 Å². The zero-order valence-corrected chi connectivity index (χ0v) is 20.6. The second-order valence-electron chi connectivity index (χ2n) is 8.96. The van der Waals surface area contributed by atoms with Gasteiger partial charge in [-0.3, -0.25) is 9.59 Å². The Kier molecular flexibility index (Phi) is 5.93. The van der Waals surface area contributed by atoms with E-state index in [0.717, 1.165) is 12.1 Å². The molecule has 1 heterocycles. The van der Waals surface area contributed by atoms with Crippen LogP contribution in [0.25, 0.3) is 10.8 Å². The fraction of sp³-hybridized carbons (Fsp3) is 0.286. The molecule has 5 rings (SSSR count). The SMILES string of the molecule is COc1cc(OC)c2c(c1Cl)O[C@@]1(C(=O)C=C(NCCc3ccc4ccccc4c3)C[C@H]1C)C2=O. The number of ketones is 2. The highest BCUT2D eigenvalue weighted by molar-refractivity contribution is 6.36. The molecule has 1 spiro atoms. The fourth-order valence-corrected chi connectivity index (χ4v) is 5.28. The lowest BCUT2D eigenvalue weighted by molar-refractivity contribution is -0.129. The van der Waals surface area contributed by atoms with E-state index >= 15 is 0 Å². The van der Waals surface area contributed by atoms with Gasteiger partial charge in [-0.15, -0.1) is 0 Å². The monoisotopic (exact) mass is 491 g/mol. The van der Waals surface area contributed by atoms with Crippen LogP contribution in [0, 0.1) is 5.92 Å². The molecule has 0 fully saturated rings. The average molecular weight is 492 g/mol. The van der Waals surface area contributed by atoms with Crippen LogP contribution in [0.15, 0.2) is 60.3 Å². The summed E-state index contributed by atoms with van der Waals surface area (Å²) in [5.74, 6) is -0.523. The van der Waals surface area contributed by atoms with Gasteiger partial charge in [0, 0.05) is 30.3 Å². The van der Waals surface area contributed by atoms with Crippen molar-refractivity contribution in [3.05, 3.63) is 76.5 Å². The Morgan fingerprint density at radius 2 is 1.80 bits per heavy atom. The summed E-state index contributed by atoms with van der Waals surface area (Å²) >= 11 is 6.44. The lowest BCUT2D eigenvalue weighted by Crippen LogP contribution is -2.55. The number of hydrogen-bond acceptors (Lipinski definition) is 6. The van der Waals surface area contributed by atoms with Crippen molar-refractivity contribution in [2.45, 2.75) is 25.4 Å². The van der Waals surface area contributed by atoms with Crippen molar-refractivity contribution in [3.8, 4) is 17.2 Å². The van der Waals surface area contributed by atoms with Crippen LogP contribution in [0.4, 0.5) is 0 Å². The van der Waals surface area contributed by atoms with E-state index in [9.17, 15) is 9.59 Å². The maximum Gasteiger partial charge on any atom is 0.236 e. The number of fused-ring (bicyclic) bond motifs is 2. The highest BCUT2D eigenvalue weighted by Gasteiger charge is 2.60. The van der Waals surface area contributed by atoms with Crippen molar-refractivity contribution in [3.63, 3.8) is 0 Å². The third-order valence-corrected chi connectivity index (χ3v) is 7.25. The zero-order valence-electron chi connectivity index (χ0n) is 19.8. The molecule has 7 heteroatoms. The molecule has 1 aliphatic heterocycles. The van der Waals surface area contributed by atoms with Crippen LogP contribution in [0.2, 0.25) is 5.02 Å². The molecule has 0 aromatic heterocycles. The molecule has 0 radical (unpaired) electrons. The Morgan fingerprint density at radius 1 is 1.06 bits per heavy atom. The van der Waals surface area contributed by atoms with Gasteiger partial charge in [0.1, 0.15) is 22.1 Å². The quantitative estimate of drug-likeness (QED) is 0.481. The minimum absolute atomic E-state index is 0.133. The number of carbonyl (C=O) groups is 2. The van der Waals surface area contributed by atoms with Gasteiger partial charge in [-0.2, -0.15) is 0 Å². The van der Waals surface area contributed by atoms with E-state index in [1.54, 1.807) is 0 Å². The first-order valence-electron chi connectivity index (χ1n) is 11.5. The first kappa shape index (κ1) is 23.2. The summed E-state index contributed by atoms with van der Waals surface area (Å²) in [6.45, 7) is 2.51. The van der Waals surface area contributed by atoms with Crippen molar-refractivity contribution in [2.75, 3.05) is 20.8 Å². The molecule has 3 aromatic carbocycles. The molecule has 2 atom stereocenters. The fourth-order valence-electron chi connectivity index (χ4n) is 5.01. The standard InChI is InChI=1S/C28H26ClNO5/c1-16-12-20(30-11-10-17-8-9-18-6-4-5-7-19(18)13-17)14-23(31)28(16)27(32)24-21(33-2)15-22(34-3)25(29)26(24)35-28/h4-9,13-16,30H,10-12H2,1-3H3/t16-,28+/m1/s1. The molecule has 35 heavy (non-hydrogen) atoms. The number of allylic oxidation sites excluding steroid dienone is 1. The number of hydrogen-bond donors (Lipinski definition) is 1. The average Bonchev–Trinajstić information content (AvgIpc) is 3.18. The minimum atomic E-state index is -1.66. The van der Waals surface area contributed by atoms with Gasteiger partial charge < -0.3 is 19.5 Å². The van der Waals surface area contributed by atoms with Gasteiger partial charge >= 0.3 is 0 Å². The van der Waals surface area contributed by atoms with Crippen LogP contribution in [0.3, 0.4) is 0 Å². The summed E-state index contributed by atoms with van der Waals surface area (Å²) < 4.78 is 16.8. The molecule has 1 N–H and O–H groups in total. The molecule has 180 valence electrons. The molecular formula is C28H26ClNO5. The van der Waals surface area contributed by atoms with E-state index in [-0.39, 0.29) is 22.1 Å². The van der Waals surface area contributed by atoms with E-state index in [4.69, 9.17) is 25.8 Å². The van der Waals surface area contributed by atoms with E-state index in [1.165, 1.54) is 42.7 Å². The number of nitrogens with one attached hydrogen (secondary N) is 1. The van der Waals surface area contributed by atoms with Gasteiger partial charge in [0.15, 0.2) is 5.75 Å². The topological polar surface area (TPSA) is 73.9 Å². The number of benzene rings is 3. The summed E-state index contributed by atoms with van der Waals surface area (Å²) in [4.78, 5) is 26.9. The molecule has 0 bridgehead atoms. The van der Waals surface area contributed by atoms with E-state index in [0.29, 0.717) is 18.7 Å². The maximum absolute atomic E-state index is 13.6. The normalized spacial score (nSPS) is 21.0. The van der Waals surface area contributed by atoms with Crippen molar-refractivity contribution < 1.29 is 23.8 Å². The highest BCUT2D eigenvalue weighted by atomic mass is 35.5. The smallest absolute Gasteiger partial charge is 0.236 e. The Bertz CT molecular complexity index is 1380. The Hall–Kier alpha value is -3.51. The predicted octanol–water partition coefficient (Wildman–Crippen LogP) is 5.15. The van der Waals surface area contributed by atoms with Crippen molar-refractivity contribution >= 4 is 33.9 Å². The largest absolute Gasteiger partial charge is 0.496 e. The molecule has 0 saturated heterocycles. The first-order valence-corrected chi connectivity index (χ1v) is 11.9. The maximum atomic E-state index is 13.6. The molecular weight excluding hydrogens is 466 g/mol. The lowest BCUT2D eigenvalue weighted by atomic mass is 9.74. The Labute approximate surface area is 208 Å². The molecule has 0 unspecified atom stereocenters. The second kappa shape index (κ2) is 8.93. The summed E-state index contributed by atoms with van der Waals surface area (Å²) in [5, 5.41) is 5.94. The van der Waals surface area contributed by atoms with Gasteiger partial charge in [0.05, 0.1) is 14.2 Å². The van der Waals surface area contributed by atoms with E-state index in [1.807, 2.05) is 19.1 Å². The number of ether oxygens (including phenoxy) is 3. The summed E-state index contributed by atoms with van der Waals surface area (Å²) in [5.41, 5.74) is 0.523. The van der Waals surface area contributed by atoms with Gasteiger partial charge in [-0.1, -0.05) is 61.0 Å². The van der Waals surface area contributed by atoms with Crippen molar-refractivity contribution in [1.29, 1.82) is 0 Å². The van der Waals surface area contributed by atoms with Crippen LogP contribution >= 0.6 is 11.6 Å². The summed E-state index contributed by atoms with van der Waals surface area (Å²) in [6.07, 6.45) is 2.78. The number of carbonyl (C=O) groups excluding carboxylic acids is 2. The Morgan fingerprint density at radius 3 is 2.51 bits per heavy atom. The highest BCUT2D eigenvalue weighted by Crippen LogP contribution is 2.52.